The molecule has 0 bridgehead atoms. The van der Waals surface area contributed by atoms with E-state index >= 15 is 0 Å². The van der Waals surface area contributed by atoms with Crippen LogP contribution in [0.3, 0.4) is 0 Å². The molecule has 18 heavy (non-hydrogen) atoms. The molecule has 2 rings (SSSR count). The Labute approximate surface area is 107 Å². The Balaban J connectivity index is 1.95. The number of aromatic nitrogens is 2. The molecule has 0 saturated heterocycles. The second-order valence-electron chi connectivity index (χ2n) is 4.62. The molecule has 0 fully saturated rings. The molecule has 4 nitrogen and oxygen atoms in total. The number of hydrogen-bond acceptors (Lipinski definition) is 3. The third kappa shape index (κ3) is 3.11. The molecule has 0 saturated carbocycles. The second kappa shape index (κ2) is 5.69. The molecule has 0 aliphatic carbocycles. The van der Waals surface area contributed by atoms with Crippen LogP contribution in [0.1, 0.15) is 31.2 Å². The number of H-pyrrole nitrogens is 1. The average molecular weight is 246 g/mol. The number of aliphatic hydroxyl groups excluding tert-OH is 1. The van der Waals surface area contributed by atoms with Gasteiger partial charge in [-0.2, -0.15) is 0 Å². The Bertz CT molecular complexity index is 480. The van der Waals surface area contributed by atoms with E-state index in [1.165, 1.54) is 0 Å². The van der Waals surface area contributed by atoms with Crippen LogP contribution in [0.4, 0.5) is 0 Å². The first-order valence-corrected chi connectivity index (χ1v) is 6.07. The highest BCUT2D eigenvalue weighted by Gasteiger charge is 2.15. The highest BCUT2D eigenvalue weighted by Crippen LogP contribution is 2.22. The predicted molar refractivity (Wildman–Crippen MR) is 69.2 cm³/mol. The maximum Gasteiger partial charge on any atom is 0.233 e. The van der Waals surface area contributed by atoms with Gasteiger partial charge in [-0.3, -0.25) is 5.10 Å². The summed E-state index contributed by atoms with van der Waals surface area (Å²) < 4.78 is 5.55. The first kappa shape index (κ1) is 12.6. The van der Waals surface area contributed by atoms with Crippen LogP contribution in [0.15, 0.2) is 36.4 Å². The summed E-state index contributed by atoms with van der Waals surface area (Å²) in [4.78, 5) is 0. The fraction of sp³-hybridized carbons (Fsp3) is 0.357. The van der Waals surface area contributed by atoms with Crippen LogP contribution in [-0.2, 0) is 6.61 Å². The molecule has 0 spiro atoms. The van der Waals surface area contributed by atoms with Crippen molar-refractivity contribution in [3.8, 4) is 5.88 Å². The van der Waals surface area contributed by atoms with Gasteiger partial charge in [-0.15, -0.1) is 5.10 Å². The van der Waals surface area contributed by atoms with Crippen molar-refractivity contribution >= 4 is 0 Å². The van der Waals surface area contributed by atoms with Crippen LogP contribution in [0.2, 0.25) is 0 Å². The fourth-order valence-corrected chi connectivity index (χ4v) is 1.63. The highest BCUT2D eigenvalue weighted by atomic mass is 16.5. The van der Waals surface area contributed by atoms with Crippen LogP contribution < -0.4 is 4.74 Å². The molecule has 0 aliphatic rings. The molecule has 0 aliphatic heterocycles. The topological polar surface area (TPSA) is 58.1 Å². The molecule has 1 heterocycles. The summed E-state index contributed by atoms with van der Waals surface area (Å²) >= 11 is 0. The first-order valence-electron chi connectivity index (χ1n) is 6.07. The van der Waals surface area contributed by atoms with E-state index in [4.69, 9.17) is 4.74 Å². The van der Waals surface area contributed by atoms with Gasteiger partial charge in [-0.05, 0) is 11.5 Å². The smallest absolute Gasteiger partial charge is 0.233 e. The lowest BCUT2D eigenvalue weighted by atomic mass is 10.1. The number of nitrogens with zero attached hydrogens (tertiary/aromatic N) is 1. The molecular weight excluding hydrogens is 228 g/mol. The Morgan fingerprint density at radius 2 is 2.00 bits per heavy atom. The second-order valence-corrected chi connectivity index (χ2v) is 4.62. The minimum absolute atomic E-state index is 0.146. The number of nitrogens with one attached hydrogen (secondary N) is 1. The Kier molecular flexibility index (Phi) is 3.99. The maximum atomic E-state index is 9.87. The monoisotopic (exact) mass is 246 g/mol. The summed E-state index contributed by atoms with van der Waals surface area (Å²) in [5.74, 6) is 0.654. The molecule has 1 aromatic heterocycles. The standard InChI is InChI=1S/C14H18N2O2/c1-10(2)14(17)12-8-13(16-15-12)18-9-11-6-4-3-5-7-11/h3-8,10,14,17H,9H2,1-2H3,(H,15,16). The Morgan fingerprint density at radius 3 is 2.67 bits per heavy atom. The highest BCUT2D eigenvalue weighted by molar-refractivity contribution is 5.18. The fourth-order valence-electron chi connectivity index (χ4n) is 1.63. The van der Waals surface area contributed by atoms with Crippen molar-refractivity contribution in [2.24, 2.45) is 5.92 Å². The van der Waals surface area contributed by atoms with Gasteiger partial charge in [0.05, 0.1) is 11.8 Å². The van der Waals surface area contributed by atoms with Crippen LogP contribution in [-0.4, -0.2) is 15.3 Å². The third-order valence-electron chi connectivity index (χ3n) is 2.75. The minimum Gasteiger partial charge on any atom is -0.472 e. The van der Waals surface area contributed by atoms with Crippen molar-refractivity contribution < 1.29 is 9.84 Å². The molecule has 1 atom stereocenters. The normalized spacial score (nSPS) is 12.7. The zero-order chi connectivity index (χ0) is 13.0. The first-order chi connectivity index (χ1) is 8.66. The van der Waals surface area contributed by atoms with Gasteiger partial charge >= 0.3 is 0 Å². The van der Waals surface area contributed by atoms with Crippen LogP contribution in [0.5, 0.6) is 5.88 Å². The minimum atomic E-state index is -0.536. The molecule has 0 radical (unpaired) electrons. The zero-order valence-electron chi connectivity index (χ0n) is 10.6. The van der Waals surface area contributed by atoms with Crippen molar-refractivity contribution in [3.05, 3.63) is 47.7 Å². The molecule has 4 heteroatoms. The summed E-state index contributed by atoms with van der Waals surface area (Å²) in [7, 11) is 0. The molecule has 1 unspecified atom stereocenters. The quantitative estimate of drug-likeness (QED) is 0.852. The van der Waals surface area contributed by atoms with E-state index in [-0.39, 0.29) is 5.92 Å². The van der Waals surface area contributed by atoms with Gasteiger partial charge in [0, 0.05) is 6.07 Å². The summed E-state index contributed by atoms with van der Waals surface area (Å²) in [5, 5.41) is 16.7. The van der Waals surface area contributed by atoms with Gasteiger partial charge in [-0.25, -0.2) is 0 Å². The summed E-state index contributed by atoms with van der Waals surface area (Å²) in [6.07, 6.45) is -0.536. The lowest BCUT2D eigenvalue weighted by molar-refractivity contribution is 0.122. The molecule has 2 N–H and O–H groups in total. The van der Waals surface area contributed by atoms with Gasteiger partial charge in [0.2, 0.25) is 5.88 Å². The maximum absolute atomic E-state index is 9.87. The predicted octanol–water partition coefficient (Wildman–Crippen LogP) is 2.68. The number of aromatic amines is 1. The number of ether oxygens (including phenoxy) is 1. The lowest BCUT2D eigenvalue weighted by Gasteiger charge is -2.10. The van der Waals surface area contributed by atoms with Gasteiger partial charge in [-0.1, -0.05) is 44.2 Å². The van der Waals surface area contributed by atoms with Crippen molar-refractivity contribution in [1.29, 1.82) is 0 Å². The van der Waals surface area contributed by atoms with Crippen molar-refractivity contribution in [1.82, 2.24) is 10.2 Å². The van der Waals surface area contributed by atoms with Crippen LogP contribution >= 0.6 is 0 Å². The third-order valence-corrected chi connectivity index (χ3v) is 2.75. The largest absolute Gasteiger partial charge is 0.472 e. The van der Waals surface area contributed by atoms with Gasteiger partial charge in [0.1, 0.15) is 6.61 Å². The van der Waals surface area contributed by atoms with Gasteiger partial charge in [0.15, 0.2) is 0 Å². The van der Waals surface area contributed by atoms with E-state index in [0.29, 0.717) is 18.2 Å². The van der Waals surface area contributed by atoms with E-state index < -0.39 is 6.10 Å². The summed E-state index contributed by atoms with van der Waals surface area (Å²) in [6, 6.07) is 11.6. The van der Waals surface area contributed by atoms with Crippen LogP contribution in [0, 0.1) is 5.92 Å². The Hall–Kier alpha value is -1.81. The molecule has 1 aromatic carbocycles. The van der Waals surface area contributed by atoms with Gasteiger partial charge < -0.3 is 9.84 Å². The van der Waals surface area contributed by atoms with Crippen molar-refractivity contribution in [2.45, 2.75) is 26.6 Å². The van der Waals surface area contributed by atoms with E-state index in [9.17, 15) is 5.11 Å². The molecular formula is C14H18N2O2. The van der Waals surface area contributed by atoms with Gasteiger partial charge in [0.25, 0.3) is 0 Å². The van der Waals surface area contributed by atoms with Crippen LogP contribution in [0.25, 0.3) is 0 Å². The number of benzene rings is 1. The zero-order valence-corrected chi connectivity index (χ0v) is 10.6. The van der Waals surface area contributed by atoms with E-state index in [2.05, 4.69) is 10.2 Å². The molecule has 0 amide bonds. The van der Waals surface area contributed by atoms with E-state index in [1.807, 2.05) is 44.2 Å². The molecule has 2 aromatic rings. The number of rotatable bonds is 5. The summed E-state index contributed by atoms with van der Waals surface area (Å²) in [6.45, 7) is 4.38. The number of aliphatic hydroxyl groups is 1. The van der Waals surface area contributed by atoms with Crippen molar-refractivity contribution in [3.63, 3.8) is 0 Å². The SMILES string of the molecule is CC(C)C(O)c1cc(OCc2ccccc2)n[nH]1. The Morgan fingerprint density at radius 1 is 1.28 bits per heavy atom. The van der Waals surface area contributed by atoms with E-state index in [1.54, 1.807) is 6.07 Å². The number of hydrogen-bond donors (Lipinski definition) is 2. The summed E-state index contributed by atoms with van der Waals surface area (Å²) in [5.41, 5.74) is 1.78. The van der Waals surface area contributed by atoms with E-state index in [0.717, 1.165) is 5.56 Å². The molecule has 96 valence electrons. The lowest BCUT2D eigenvalue weighted by Crippen LogP contribution is -2.05. The van der Waals surface area contributed by atoms with Crippen molar-refractivity contribution in [2.75, 3.05) is 0 Å². The average Bonchev–Trinajstić information content (AvgIpc) is 2.85.